The highest BCUT2D eigenvalue weighted by molar-refractivity contribution is 9.09. The van der Waals surface area contributed by atoms with Crippen molar-refractivity contribution in [2.45, 2.75) is 40.7 Å². The number of amides is 1. The fourth-order valence-electron chi connectivity index (χ4n) is 1.94. The van der Waals surface area contributed by atoms with Crippen molar-refractivity contribution in [2.24, 2.45) is 0 Å². The number of carbonyl (C=O) groups excluding carboxylic acids is 1. The minimum absolute atomic E-state index is 0.0614. The van der Waals surface area contributed by atoms with Crippen LogP contribution in [0.5, 0.6) is 0 Å². The molecule has 0 N–H and O–H groups in total. The van der Waals surface area contributed by atoms with E-state index >= 15 is 0 Å². The maximum absolute atomic E-state index is 12.5. The van der Waals surface area contributed by atoms with E-state index in [1.807, 2.05) is 39.5 Å². The Morgan fingerprint density at radius 1 is 1.29 bits per heavy atom. The molecule has 0 aliphatic rings. The van der Waals surface area contributed by atoms with Crippen molar-refractivity contribution < 1.29 is 9.21 Å². The first-order chi connectivity index (χ1) is 7.90. The molecule has 4 heteroatoms. The summed E-state index contributed by atoms with van der Waals surface area (Å²) in [5.74, 6) is 1.60. The Hall–Kier alpha value is -0.770. The maximum atomic E-state index is 12.5. The summed E-state index contributed by atoms with van der Waals surface area (Å²) < 4.78 is 5.52. The first-order valence-electron chi connectivity index (χ1n) is 5.83. The average molecular weight is 302 g/mol. The number of hydrogen-bond acceptors (Lipinski definition) is 2. The summed E-state index contributed by atoms with van der Waals surface area (Å²) in [4.78, 5) is 14.3. The Balaban J connectivity index is 3.09. The molecule has 0 spiro atoms. The second kappa shape index (κ2) is 5.71. The number of alkyl halides is 1. The molecule has 0 aromatic carbocycles. The molecule has 0 radical (unpaired) electrons. The lowest BCUT2D eigenvalue weighted by molar-refractivity contribution is 0.0717. The summed E-state index contributed by atoms with van der Waals surface area (Å²) in [6.07, 6.45) is 0. The summed E-state index contributed by atoms with van der Waals surface area (Å²) in [5, 5.41) is 0.784. The van der Waals surface area contributed by atoms with Crippen molar-refractivity contribution in [2.75, 3.05) is 11.9 Å². The van der Waals surface area contributed by atoms with Gasteiger partial charge in [-0.25, -0.2) is 0 Å². The van der Waals surface area contributed by atoms with E-state index < -0.39 is 0 Å². The van der Waals surface area contributed by atoms with Crippen LogP contribution in [0.2, 0.25) is 0 Å². The molecule has 1 amide bonds. The largest absolute Gasteiger partial charge is 0.466 e. The second-order valence-electron chi connectivity index (χ2n) is 4.50. The van der Waals surface area contributed by atoms with Crippen molar-refractivity contribution in [1.29, 1.82) is 0 Å². The molecular weight excluding hydrogens is 282 g/mol. The molecule has 17 heavy (non-hydrogen) atoms. The highest BCUT2D eigenvalue weighted by Crippen LogP contribution is 2.23. The Morgan fingerprint density at radius 3 is 2.24 bits per heavy atom. The Morgan fingerprint density at radius 2 is 1.88 bits per heavy atom. The number of carbonyl (C=O) groups is 1. The third-order valence-electron chi connectivity index (χ3n) is 2.98. The SMILES string of the molecule is Cc1oc(C)c(C(=O)N(CCBr)C(C)C)c1C. The van der Waals surface area contributed by atoms with E-state index in [0.717, 1.165) is 22.2 Å². The molecular formula is C13H20BrNO2. The molecule has 1 aromatic rings. The number of hydrogen-bond donors (Lipinski definition) is 0. The molecule has 0 atom stereocenters. The molecule has 0 aliphatic carbocycles. The van der Waals surface area contributed by atoms with Crippen LogP contribution in [-0.4, -0.2) is 28.7 Å². The van der Waals surface area contributed by atoms with E-state index in [1.165, 1.54) is 0 Å². The van der Waals surface area contributed by atoms with Crippen LogP contribution in [0.3, 0.4) is 0 Å². The van der Waals surface area contributed by atoms with Gasteiger partial charge in [0, 0.05) is 23.5 Å². The van der Waals surface area contributed by atoms with Crippen molar-refractivity contribution in [3.63, 3.8) is 0 Å². The van der Waals surface area contributed by atoms with Gasteiger partial charge in [-0.05, 0) is 34.6 Å². The van der Waals surface area contributed by atoms with Crippen LogP contribution in [-0.2, 0) is 0 Å². The minimum Gasteiger partial charge on any atom is -0.466 e. The third kappa shape index (κ3) is 2.92. The summed E-state index contributed by atoms with van der Waals surface area (Å²) >= 11 is 3.38. The number of rotatable bonds is 4. The number of furan rings is 1. The van der Waals surface area contributed by atoms with Crippen molar-refractivity contribution in [3.8, 4) is 0 Å². The lowest BCUT2D eigenvalue weighted by atomic mass is 10.1. The predicted molar refractivity (Wildman–Crippen MR) is 72.9 cm³/mol. The standard InChI is InChI=1S/C13H20BrNO2/c1-8(2)15(7-6-14)13(16)12-9(3)10(4)17-11(12)5/h8H,6-7H2,1-5H3. The monoisotopic (exact) mass is 301 g/mol. The summed E-state index contributed by atoms with van der Waals surface area (Å²) in [7, 11) is 0. The Bertz CT molecular complexity index is 410. The zero-order valence-electron chi connectivity index (χ0n) is 11.1. The van der Waals surface area contributed by atoms with Gasteiger partial charge >= 0.3 is 0 Å². The molecule has 0 saturated carbocycles. The Labute approximate surface area is 111 Å². The van der Waals surface area contributed by atoms with E-state index in [4.69, 9.17) is 4.42 Å². The van der Waals surface area contributed by atoms with Crippen molar-refractivity contribution in [1.82, 2.24) is 4.90 Å². The van der Waals surface area contributed by atoms with Crippen LogP contribution >= 0.6 is 15.9 Å². The van der Waals surface area contributed by atoms with Gasteiger partial charge in [-0.2, -0.15) is 0 Å². The van der Waals surface area contributed by atoms with Gasteiger partial charge in [-0.1, -0.05) is 15.9 Å². The van der Waals surface area contributed by atoms with Crippen LogP contribution in [0.25, 0.3) is 0 Å². The molecule has 3 nitrogen and oxygen atoms in total. The quantitative estimate of drug-likeness (QED) is 0.798. The first-order valence-corrected chi connectivity index (χ1v) is 6.95. The van der Waals surface area contributed by atoms with Crippen molar-refractivity contribution in [3.05, 3.63) is 22.6 Å². The smallest absolute Gasteiger partial charge is 0.257 e. The topological polar surface area (TPSA) is 33.5 Å². The molecule has 0 unspecified atom stereocenters. The van der Waals surface area contributed by atoms with E-state index in [2.05, 4.69) is 15.9 Å². The number of aryl methyl sites for hydroxylation is 2. The zero-order valence-corrected chi connectivity index (χ0v) is 12.7. The van der Waals surface area contributed by atoms with E-state index in [-0.39, 0.29) is 11.9 Å². The fraction of sp³-hybridized carbons (Fsp3) is 0.615. The van der Waals surface area contributed by atoms with Crippen LogP contribution in [0.15, 0.2) is 4.42 Å². The van der Waals surface area contributed by atoms with Crippen LogP contribution < -0.4 is 0 Å². The fourth-order valence-corrected chi connectivity index (χ4v) is 2.32. The molecule has 0 bridgehead atoms. The summed E-state index contributed by atoms with van der Waals surface area (Å²) in [6.45, 7) is 10.4. The maximum Gasteiger partial charge on any atom is 0.257 e. The number of halogens is 1. The van der Waals surface area contributed by atoms with E-state index in [1.54, 1.807) is 0 Å². The summed E-state index contributed by atoms with van der Waals surface area (Å²) in [6, 6.07) is 0.189. The van der Waals surface area contributed by atoms with Crippen LogP contribution in [0, 0.1) is 20.8 Å². The van der Waals surface area contributed by atoms with Gasteiger partial charge in [0.05, 0.1) is 5.56 Å². The first kappa shape index (κ1) is 14.3. The lowest BCUT2D eigenvalue weighted by Crippen LogP contribution is -2.38. The van der Waals surface area contributed by atoms with Gasteiger partial charge in [-0.15, -0.1) is 0 Å². The lowest BCUT2D eigenvalue weighted by Gasteiger charge is -2.26. The van der Waals surface area contributed by atoms with Gasteiger partial charge in [-0.3, -0.25) is 4.79 Å². The zero-order chi connectivity index (χ0) is 13.2. The van der Waals surface area contributed by atoms with Gasteiger partial charge in [0.2, 0.25) is 0 Å². The Kier molecular flexibility index (Phi) is 4.80. The van der Waals surface area contributed by atoms with Crippen LogP contribution in [0.1, 0.15) is 41.3 Å². The van der Waals surface area contributed by atoms with Gasteiger partial charge < -0.3 is 9.32 Å². The number of nitrogens with zero attached hydrogens (tertiary/aromatic N) is 1. The molecule has 1 heterocycles. The molecule has 0 saturated heterocycles. The van der Waals surface area contributed by atoms with Gasteiger partial charge in [0.15, 0.2) is 0 Å². The third-order valence-corrected chi connectivity index (χ3v) is 3.34. The average Bonchev–Trinajstić information content (AvgIpc) is 2.48. The molecule has 0 aliphatic heterocycles. The molecule has 1 rings (SSSR count). The molecule has 1 aromatic heterocycles. The minimum atomic E-state index is 0.0614. The highest BCUT2D eigenvalue weighted by Gasteiger charge is 2.24. The highest BCUT2D eigenvalue weighted by atomic mass is 79.9. The summed E-state index contributed by atoms with van der Waals surface area (Å²) in [5.41, 5.74) is 1.67. The van der Waals surface area contributed by atoms with Gasteiger partial charge in [0.1, 0.15) is 11.5 Å². The predicted octanol–water partition coefficient (Wildman–Crippen LogP) is 3.45. The normalized spacial score (nSPS) is 11.0. The van der Waals surface area contributed by atoms with E-state index in [9.17, 15) is 4.79 Å². The second-order valence-corrected chi connectivity index (χ2v) is 5.29. The molecule has 96 valence electrons. The van der Waals surface area contributed by atoms with Gasteiger partial charge in [0.25, 0.3) is 5.91 Å². The van der Waals surface area contributed by atoms with Crippen molar-refractivity contribution >= 4 is 21.8 Å². The van der Waals surface area contributed by atoms with E-state index in [0.29, 0.717) is 12.3 Å². The van der Waals surface area contributed by atoms with Crippen LogP contribution in [0.4, 0.5) is 0 Å². The molecule has 0 fully saturated rings.